The van der Waals surface area contributed by atoms with E-state index in [0.29, 0.717) is 31.5 Å². The quantitative estimate of drug-likeness (QED) is 0.852. The fourth-order valence-electron chi connectivity index (χ4n) is 3.09. The summed E-state index contributed by atoms with van der Waals surface area (Å²) in [4.78, 5) is 14.2. The Morgan fingerprint density at radius 2 is 1.65 bits per heavy atom. The molecule has 0 N–H and O–H groups in total. The summed E-state index contributed by atoms with van der Waals surface area (Å²) in [6.45, 7) is 1.05. The third kappa shape index (κ3) is 2.95. The van der Waals surface area contributed by atoms with Crippen LogP contribution < -0.4 is 0 Å². The van der Waals surface area contributed by atoms with E-state index in [2.05, 4.69) is 6.07 Å². The molecule has 0 aliphatic carbocycles. The Kier molecular flexibility index (Phi) is 4.12. The monoisotopic (exact) mass is 308 g/mol. The van der Waals surface area contributed by atoms with E-state index in [-0.39, 0.29) is 11.7 Å². The molecule has 1 aliphatic rings. The number of piperidine rings is 1. The van der Waals surface area contributed by atoms with Crippen molar-refractivity contribution in [2.45, 2.75) is 18.3 Å². The lowest BCUT2D eigenvalue weighted by atomic mass is 9.74. The molecular formula is C19H17FN2O. The van der Waals surface area contributed by atoms with Crippen molar-refractivity contribution >= 4 is 5.91 Å². The largest absolute Gasteiger partial charge is 0.339 e. The van der Waals surface area contributed by atoms with E-state index in [4.69, 9.17) is 0 Å². The number of hydrogen-bond acceptors (Lipinski definition) is 2. The molecule has 23 heavy (non-hydrogen) atoms. The van der Waals surface area contributed by atoms with Crippen molar-refractivity contribution in [3.63, 3.8) is 0 Å². The fourth-order valence-corrected chi connectivity index (χ4v) is 3.09. The van der Waals surface area contributed by atoms with Crippen molar-refractivity contribution < 1.29 is 9.18 Å². The standard InChI is InChI=1S/C19H17FN2O/c20-17-8-6-15(7-9-17)18(23)22-12-10-19(14-21,11-13-22)16-4-2-1-3-5-16/h1-9H,10-13H2. The molecule has 0 radical (unpaired) electrons. The molecule has 3 nitrogen and oxygen atoms in total. The molecule has 0 unspecified atom stereocenters. The maximum Gasteiger partial charge on any atom is 0.253 e. The Balaban J connectivity index is 1.74. The molecule has 2 aromatic carbocycles. The minimum atomic E-state index is -0.527. The fraction of sp³-hybridized carbons (Fsp3) is 0.263. The zero-order valence-corrected chi connectivity index (χ0v) is 12.7. The highest BCUT2D eigenvalue weighted by Crippen LogP contribution is 2.35. The molecule has 116 valence electrons. The van der Waals surface area contributed by atoms with Crippen LogP contribution in [0.3, 0.4) is 0 Å². The minimum Gasteiger partial charge on any atom is -0.339 e. The number of amides is 1. The third-order valence-electron chi connectivity index (χ3n) is 4.54. The lowest BCUT2D eigenvalue weighted by Crippen LogP contribution is -2.44. The first-order valence-corrected chi connectivity index (χ1v) is 7.66. The summed E-state index contributed by atoms with van der Waals surface area (Å²) >= 11 is 0. The van der Waals surface area contributed by atoms with Crippen molar-refractivity contribution in [3.8, 4) is 6.07 Å². The molecule has 0 saturated carbocycles. The number of likely N-dealkylation sites (tertiary alicyclic amines) is 1. The Bertz CT molecular complexity index is 726. The molecule has 0 atom stereocenters. The second-order valence-electron chi connectivity index (χ2n) is 5.86. The molecular weight excluding hydrogens is 291 g/mol. The van der Waals surface area contributed by atoms with Gasteiger partial charge in [0.05, 0.1) is 11.5 Å². The van der Waals surface area contributed by atoms with Gasteiger partial charge in [0.1, 0.15) is 5.82 Å². The van der Waals surface area contributed by atoms with Crippen LogP contribution in [0.2, 0.25) is 0 Å². The molecule has 1 saturated heterocycles. The second-order valence-corrected chi connectivity index (χ2v) is 5.86. The summed E-state index contributed by atoms with van der Waals surface area (Å²) in [5.74, 6) is -0.461. The number of nitriles is 1. The van der Waals surface area contributed by atoms with Crippen LogP contribution in [0.15, 0.2) is 54.6 Å². The van der Waals surface area contributed by atoms with Gasteiger partial charge < -0.3 is 4.90 Å². The maximum atomic E-state index is 13.0. The van der Waals surface area contributed by atoms with Gasteiger partial charge >= 0.3 is 0 Å². The van der Waals surface area contributed by atoms with Crippen LogP contribution in [-0.2, 0) is 5.41 Å². The number of carbonyl (C=O) groups is 1. The number of benzene rings is 2. The van der Waals surface area contributed by atoms with Crippen LogP contribution in [0.5, 0.6) is 0 Å². The number of halogens is 1. The minimum absolute atomic E-state index is 0.107. The molecule has 4 heteroatoms. The molecule has 2 aromatic rings. The summed E-state index contributed by atoms with van der Waals surface area (Å²) in [5.41, 5.74) is 0.966. The maximum absolute atomic E-state index is 13.0. The molecule has 1 aliphatic heterocycles. The Hall–Kier alpha value is -2.67. The van der Waals surface area contributed by atoms with Crippen LogP contribution in [0.4, 0.5) is 4.39 Å². The average molecular weight is 308 g/mol. The van der Waals surface area contributed by atoms with E-state index in [0.717, 1.165) is 5.56 Å². The number of hydrogen-bond donors (Lipinski definition) is 0. The van der Waals surface area contributed by atoms with Crippen LogP contribution >= 0.6 is 0 Å². The lowest BCUT2D eigenvalue weighted by molar-refractivity contribution is 0.0692. The number of nitrogens with zero attached hydrogens (tertiary/aromatic N) is 2. The van der Waals surface area contributed by atoms with E-state index in [1.165, 1.54) is 24.3 Å². The normalized spacial score (nSPS) is 16.6. The van der Waals surface area contributed by atoms with E-state index in [9.17, 15) is 14.4 Å². The van der Waals surface area contributed by atoms with Gasteiger partial charge in [-0.05, 0) is 42.7 Å². The zero-order chi connectivity index (χ0) is 16.3. The van der Waals surface area contributed by atoms with Crippen molar-refractivity contribution in [2.75, 3.05) is 13.1 Å². The molecule has 0 bridgehead atoms. The predicted molar refractivity (Wildman–Crippen MR) is 85.3 cm³/mol. The Morgan fingerprint density at radius 3 is 2.22 bits per heavy atom. The highest BCUT2D eigenvalue weighted by molar-refractivity contribution is 5.94. The lowest BCUT2D eigenvalue weighted by Gasteiger charge is -2.37. The van der Waals surface area contributed by atoms with Gasteiger partial charge in [-0.25, -0.2) is 4.39 Å². The van der Waals surface area contributed by atoms with Gasteiger partial charge in [0.15, 0.2) is 0 Å². The highest BCUT2D eigenvalue weighted by Gasteiger charge is 2.37. The molecule has 3 rings (SSSR count). The van der Waals surface area contributed by atoms with Crippen molar-refractivity contribution in [1.82, 2.24) is 4.90 Å². The van der Waals surface area contributed by atoms with E-state index in [1.54, 1.807) is 4.90 Å². The van der Waals surface area contributed by atoms with E-state index < -0.39 is 5.41 Å². The summed E-state index contributed by atoms with van der Waals surface area (Å²) in [6, 6.07) is 17.8. The molecule has 0 aromatic heterocycles. The van der Waals surface area contributed by atoms with Crippen molar-refractivity contribution in [2.24, 2.45) is 0 Å². The van der Waals surface area contributed by atoms with E-state index in [1.807, 2.05) is 30.3 Å². The number of rotatable bonds is 2. The second kappa shape index (κ2) is 6.21. The number of carbonyl (C=O) groups excluding carboxylic acids is 1. The van der Waals surface area contributed by atoms with Gasteiger partial charge in [-0.2, -0.15) is 5.26 Å². The van der Waals surface area contributed by atoms with Gasteiger partial charge in [0.2, 0.25) is 0 Å². The van der Waals surface area contributed by atoms with Gasteiger partial charge in [-0.3, -0.25) is 4.79 Å². The molecule has 1 amide bonds. The first-order chi connectivity index (χ1) is 11.1. The smallest absolute Gasteiger partial charge is 0.253 e. The van der Waals surface area contributed by atoms with E-state index >= 15 is 0 Å². The van der Waals surface area contributed by atoms with Crippen LogP contribution in [-0.4, -0.2) is 23.9 Å². The molecule has 0 spiro atoms. The zero-order valence-electron chi connectivity index (χ0n) is 12.7. The Labute approximate surface area is 135 Å². The SMILES string of the molecule is N#CC1(c2ccccc2)CCN(C(=O)c2ccc(F)cc2)CC1. The average Bonchev–Trinajstić information content (AvgIpc) is 2.62. The summed E-state index contributed by atoms with van der Waals surface area (Å²) in [7, 11) is 0. The summed E-state index contributed by atoms with van der Waals surface area (Å²) in [5, 5.41) is 9.67. The Morgan fingerprint density at radius 1 is 1.04 bits per heavy atom. The summed E-state index contributed by atoms with van der Waals surface area (Å²) < 4.78 is 13.0. The summed E-state index contributed by atoms with van der Waals surface area (Å²) in [6.07, 6.45) is 1.22. The first kappa shape index (κ1) is 15.2. The van der Waals surface area contributed by atoms with Gasteiger partial charge in [0, 0.05) is 18.7 Å². The van der Waals surface area contributed by atoms with Crippen molar-refractivity contribution in [1.29, 1.82) is 5.26 Å². The van der Waals surface area contributed by atoms with Gasteiger partial charge in [0.25, 0.3) is 5.91 Å². The highest BCUT2D eigenvalue weighted by atomic mass is 19.1. The van der Waals surface area contributed by atoms with Gasteiger partial charge in [-0.1, -0.05) is 30.3 Å². The van der Waals surface area contributed by atoms with Crippen LogP contribution in [0.1, 0.15) is 28.8 Å². The topological polar surface area (TPSA) is 44.1 Å². The third-order valence-corrected chi connectivity index (χ3v) is 4.54. The molecule has 1 heterocycles. The van der Waals surface area contributed by atoms with Crippen molar-refractivity contribution in [3.05, 3.63) is 71.5 Å². The predicted octanol–water partition coefficient (Wildman–Crippen LogP) is 3.52. The first-order valence-electron chi connectivity index (χ1n) is 7.66. The van der Waals surface area contributed by atoms with Gasteiger partial charge in [-0.15, -0.1) is 0 Å². The van der Waals surface area contributed by atoms with Crippen LogP contribution in [0, 0.1) is 17.1 Å². The molecule has 1 fully saturated rings. The van der Waals surface area contributed by atoms with Crippen LogP contribution in [0.25, 0.3) is 0 Å².